The third-order valence-corrected chi connectivity index (χ3v) is 2.99. The van der Waals surface area contributed by atoms with Gasteiger partial charge in [0.05, 0.1) is 11.3 Å². The van der Waals surface area contributed by atoms with Gasteiger partial charge in [0.1, 0.15) is 12.4 Å². The number of ether oxygens (including phenoxy) is 1. The summed E-state index contributed by atoms with van der Waals surface area (Å²) in [4.78, 5) is 11.4. The SMILES string of the molecule is CCOCc1nnc(C)n1-c1ccc(Cl)cc1C(=O)O. The van der Waals surface area contributed by atoms with Crippen LogP contribution in [-0.2, 0) is 11.3 Å². The molecule has 106 valence electrons. The smallest absolute Gasteiger partial charge is 0.337 e. The molecular weight excluding hydrogens is 282 g/mol. The third kappa shape index (κ3) is 2.81. The summed E-state index contributed by atoms with van der Waals surface area (Å²) in [6.07, 6.45) is 0. The van der Waals surface area contributed by atoms with E-state index in [4.69, 9.17) is 16.3 Å². The number of hydrogen-bond donors (Lipinski definition) is 1. The van der Waals surface area contributed by atoms with Crippen LogP contribution in [0.1, 0.15) is 28.9 Å². The average molecular weight is 296 g/mol. The van der Waals surface area contributed by atoms with Crippen LogP contribution in [0.3, 0.4) is 0 Å². The zero-order valence-corrected chi connectivity index (χ0v) is 11.9. The topological polar surface area (TPSA) is 77.2 Å². The van der Waals surface area contributed by atoms with E-state index in [9.17, 15) is 9.90 Å². The first kappa shape index (κ1) is 14.5. The molecule has 1 N–H and O–H groups in total. The highest BCUT2D eigenvalue weighted by Gasteiger charge is 2.18. The van der Waals surface area contributed by atoms with Crippen molar-refractivity contribution in [2.45, 2.75) is 20.5 Å². The number of carboxylic acid groups (broad SMARTS) is 1. The molecule has 2 rings (SSSR count). The molecule has 0 radical (unpaired) electrons. The van der Waals surface area contributed by atoms with Gasteiger partial charge in [-0.3, -0.25) is 4.57 Å². The molecule has 2 aromatic rings. The molecule has 0 bridgehead atoms. The van der Waals surface area contributed by atoms with Crippen LogP contribution >= 0.6 is 11.6 Å². The maximum atomic E-state index is 11.4. The Kier molecular flexibility index (Phi) is 4.36. The molecule has 20 heavy (non-hydrogen) atoms. The zero-order chi connectivity index (χ0) is 14.7. The highest BCUT2D eigenvalue weighted by atomic mass is 35.5. The second kappa shape index (κ2) is 6.02. The molecule has 1 aromatic carbocycles. The van der Waals surface area contributed by atoms with E-state index in [0.717, 1.165) is 0 Å². The fourth-order valence-electron chi connectivity index (χ4n) is 1.88. The summed E-state index contributed by atoms with van der Waals surface area (Å²) in [5, 5.41) is 17.7. The Hall–Kier alpha value is -1.92. The number of hydrogen-bond acceptors (Lipinski definition) is 4. The van der Waals surface area contributed by atoms with Gasteiger partial charge in [-0.2, -0.15) is 0 Å². The molecule has 0 spiro atoms. The molecule has 0 aliphatic heterocycles. The van der Waals surface area contributed by atoms with Crippen molar-refractivity contribution in [1.82, 2.24) is 14.8 Å². The van der Waals surface area contributed by atoms with Gasteiger partial charge in [-0.25, -0.2) is 4.79 Å². The highest BCUT2D eigenvalue weighted by Crippen LogP contribution is 2.22. The van der Waals surface area contributed by atoms with E-state index in [1.807, 2.05) is 6.92 Å². The molecule has 7 heteroatoms. The van der Waals surface area contributed by atoms with Gasteiger partial charge < -0.3 is 9.84 Å². The lowest BCUT2D eigenvalue weighted by Gasteiger charge is -2.12. The Morgan fingerprint density at radius 3 is 2.85 bits per heavy atom. The molecule has 0 aliphatic carbocycles. The molecule has 0 fully saturated rings. The fourth-order valence-corrected chi connectivity index (χ4v) is 2.05. The molecule has 1 heterocycles. The number of carbonyl (C=O) groups is 1. The van der Waals surface area contributed by atoms with Crippen LogP contribution in [-0.4, -0.2) is 32.4 Å². The van der Waals surface area contributed by atoms with Gasteiger partial charge in [-0.05, 0) is 32.0 Å². The maximum absolute atomic E-state index is 11.4. The van der Waals surface area contributed by atoms with Gasteiger partial charge in [-0.15, -0.1) is 10.2 Å². The van der Waals surface area contributed by atoms with Gasteiger partial charge in [0.25, 0.3) is 0 Å². The highest BCUT2D eigenvalue weighted by molar-refractivity contribution is 6.31. The van der Waals surface area contributed by atoms with Crippen LogP contribution in [0.2, 0.25) is 5.02 Å². The number of carboxylic acids is 1. The van der Waals surface area contributed by atoms with Gasteiger partial charge in [0.15, 0.2) is 5.82 Å². The Morgan fingerprint density at radius 2 is 2.20 bits per heavy atom. The predicted octanol–water partition coefficient (Wildman–Crippen LogP) is 2.46. The van der Waals surface area contributed by atoms with Crippen LogP contribution in [0.4, 0.5) is 0 Å². The minimum atomic E-state index is -1.06. The molecule has 0 saturated carbocycles. The molecular formula is C13H14ClN3O3. The summed E-state index contributed by atoms with van der Waals surface area (Å²) in [5.41, 5.74) is 0.567. The molecule has 0 amide bonds. The first-order chi connectivity index (χ1) is 9.54. The molecule has 0 unspecified atom stereocenters. The number of aromatic carboxylic acids is 1. The summed E-state index contributed by atoms with van der Waals surface area (Å²) in [6, 6.07) is 4.67. The van der Waals surface area contributed by atoms with Crippen molar-refractivity contribution < 1.29 is 14.6 Å². The van der Waals surface area contributed by atoms with Crippen LogP contribution in [0, 0.1) is 6.92 Å². The van der Waals surface area contributed by atoms with Crippen molar-refractivity contribution in [2.24, 2.45) is 0 Å². The fraction of sp³-hybridized carbons (Fsp3) is 0.308. The Labute approximate surface area is 121 Å². The minimum absolute atomic E-state index is 0.0955. The normalized spacial score (nSPS) is 10.8. The number of rotatable bonds is 5. The summed E-state index contributed by atoms with van der Waals surface area (Å²) in [6.45, 7) is 4.43. The van der Waals surface area contributed by atoms with Gasteiger partial charge in [0, 0.05) is 11.6 Å². The zero-order valence-electron chi connectivity index (χ0n) is 11.1. The average Bonchev–Trinajstić information content (AvgIpc) is 2.77. The number of halogens is 1. The van der Waals surface area contributed by atoms with Gasteiger partial charge in [0.2, 0.25) is 0 Å². The van der Waals surface area contributed by atoms with Crippen molar-refractivity contribution in [3.05, 3.63) is 40.4 Å². The summed E-state index contributed by atoms with van der Waals surface area (Å²) in [5.74, 6) is 0.0802. The lowest BCUT2D eigenvalue weighted by atomic mass is 10.1. The van der Waals surface area contributed by atoms with Crippen molar-refractivity contribution in [2.75, 3.05) is 6.61 Å². The van der Waals surface area contributed by atoms with Crippen LogP contribution in [0.15, 0.2) is 18.2 Å². The summed E-state index contributed by atoms with van der Waals surface area (Å²) < 4.78 is 6.98. The number of aryl methyl sites for hydroxylation is 1. The van der Waals surface area contributed by atoms with E-state index in [-0.39, 0.29) is 12.2 Å². The number of nitrogens with zero attached hydrogens (tertiary/aromatic N) is 3. The standard InChI is InChI=1S/C13H14ClN3O3/c1-3-20-7-12-16-15-8(2)17(12)11-5-4-9(14)6-10(11)13(18)19/h4-6H,3,7H2,1-2H3,(H,18,19). The first-order valence-electron chi connectivity index (χ1n) is 6.06. The predicted molar refractivity (Wildman–Crippen MR) is 73.4 cm³/mol. The molecule has 0 aliphatic rings. The van der Waals surface area contributed by atoms with Crippen molar-refractivity contribution in [3.63, 3.8) is 0 Å². The van der Waals surface area contributed by atoms with Crippen LogP contribution in [0.25, 0.3) is 5.69 Å². The molecule has 0 saturated heterocycles. The van der Waals surface area contributed by atoms with Crippen molar-refractivity contribution in [1.29, 1.82) is 0 Å². The van der Waals surface area contributed by atoms with E-state index >= 15 is 0 Å². The van der Waals surface area contributed by atoms with Gasteiger partial charge >= 0.3 is 5.97 Å². The second-order valence-corrected chi connectivity index (χ2v) is 4.54. The second-order valence-electron chi connectivity index (χ2n) is 4.10. The summed E-state index contributed by atoms with van der Waals surface area (Å²) >= 11 is 5.86. The van der Waals surface area contributed by atoms with E-state index in [1.165, 1.54) is 6.07 Å². The Bertz CT molecular complexity index is 640. The Balaban J connectivity index is 2.56. The molecule has 0 atom stereocenters. The van der Waals surface area contributed by atoms with Crippen LogP contribution in [0.5, 0.6) is 0 Å². The van der Waals surface area contributed by atoms with Crippen molar-refractivity contribution in [3.8, 4) is 5.69 Å². The van der Waals surface area contributed by atoms with Crippen molar-refractivity contribution >= 4 is 17.6 Å². The van der Waals surface area contributed by atoms with E-state index in [0.29, 0.717) is 29.0 Å². The monoisotopic (exact) mass is 295 g/mol. The van der Waals surface area contributed by atoms with Gasteiger partial charge in [-0.1, -0.05) is 11.6 Å². The summed E-state index contributed by atoms with van der Waals surface area (Å²) in [7, 11) is 0. The lowest BCUT2D eigenvalue weighted by Crippen LogP contribution is -2.10. The number of benzene rings is 1. The van der Waals surface area contributed by atoms with Crippen LogP contribution < -0.4 is 0 Å². The lowest BCUT2D eigenvalue weighted by molar-refractivity contribution is 0.0696. The Morgan fingerprint density at radius 1 is 1.45 bits per heavy atom. The maximum Gasteiger partial charge on any atom is 0.337 e. The number of aromatic nitrogens is 3. The van der Waals surface area contributed by atoms with E-state index in [2.05, 4.69) is 10.2 Å². The first-order valence-corrected chi connectivity index (χ1v) is 6.44. The third-order valence-electron chi connectivity index (χ3n) is 2.76. The minimum Gasteiger partial charge on any atom is -0.478 e. The quantitative estimate of drug-likeness (QED) is 0.917. The molecule has 1 aromatic heterocycles. The largest absolute Gasteiger partial charge is 0.478 e. The van der Waals surface area contributed by atoms with E-state index in [1.54, 1.807) is 23.6 Å². The molecule has 6 nitrogen and oxygen atoms in total. The van der Waals surface area contributed by atoms with E-state index < -0.39 is 5.97 Å².